The third-order valence-electron chi connectivity index (χ3n) is 24.5. The molecule has 110 heavy (non-hydrogen) atoms. The van der Waals surface area contributed by atoms with E-state index >= 15 is 9.59 Å². The van der Waals surface area contributed by atoms with Crippen molar-refractivity contribution in [3.8, 4) is 0 Å². The highest BCUT2D eigenvalue weighted by atomic mass is 16.7. The molecule has 4 saturated carbocycles. The number of Topliss-reactive ketones (excluding diaryl/α,β-unsaturated/α-hetero) is 2. The zero-order valence-corrected chi connectivity index (χ0v) is 62.8. The molecule has 8 N–H and O–H groups in total. The molecule has 30 heteroatoms. The van der Waals surface area contributed by atoms with Gasteiger partial charge >= 0.3 is 47.8 Å². The molecule has 2 heterocycles. The Balaban J connectivity index is 0.000000218. The average molecular weight is 1530 g/mol. The van der Waals surface area contributed by atoms with Crippen LogP contribution in [0.4, 0.5) is 0 Å². The lowest BCUT2D eigenvalue weighted by Gasteiger charge is -2.67. The zero-order valence-electron chi connectivity index (χ0n) is 62.8. The summed E-state index contributed by atoms with van der Waals surface area (Å²) in [6.07, 6.45) is -20.4. The van der Waals surface area contributed by atoms with E-state index in [0.717, 1.165) is 27.7 Å². The Hall–Kier alpha value is -9.59. The minimum absolute atomic E-state index is 0.00505. The molecule has 2 unspecified atom stereocenters. The fourth-order valence-corrected chi connectivity index (χ4v) is 18.6. The molecule has 0 aromatic heterocycles. The zero-order chi connectivity index (χ0) is 80.5. The van der Waals surface area contributed by atoms with Gasteiger partial charge in [0.15, 0.2) is 47.2 Å². The van der Waals surface area contributed by atoms with Crippen molar-refractivity contribution >= 4 is 59.3 Å². The van der Waals surface area contributed by atoms with Crippen molar-refractivity contribution in [2.45, 2.75) is 217 Å². The van der Waals surface area contributed by atoms with Crippen molar-refractivity contribution in [2.75, 3.05) is 13.2 Å². The molecule has 588 valence electrons. The molecule has 6 fully saturated rings. The normalized spacial score (nSPS) is 34.5. The fraction of sp³-hybridized carbons (Fsp3) is 0.525. The van der Waals surface area contributed by atoms with Crippen LogP contribution in [0.3, 0.4) is 0 Å². The topological polar surface area (TPSA) is 459 Å². The second kappa shape index (κ2) is 30.2. The number of hydrogen-bond donors (Lipinski definition) is 7. The highest BCUT2D eigenvalue weighted by Crippen LogP contribution is 2.67. The highest BCUT2D eigenvalue weighted by molar-refractivity contribution is 5.97. The van der Waals surface area contributed by atoms with E-state index in [1.165, 1.54) is 45.0 Å². The number of ether oxygens (including phenoxy) is 10. The summed E-state index contributed by atoms with van der Waals surface area (Å²) in [5, 5.41) is 76.8. The molecule has 0 spiro atoms. The van der Waals surface area contributed by atoms with Crippen molar-refractivity contribution in [3.05, 3.63) is 176 Å². The Bertz CT molecular complexity index is 4420. The molecule has 12 rings (SSSR count). The summed E-state index contributed by atoms with van der Waals surface area (Å²) in [5.41, 5.74) is 1.40. The van der Waals surface area contributed by atoms with Crippen molar-refractivity contribution in [3.63, 3.8) is 0 Å². The fourth-order valence-electron chi connectivity index (χ4n) is 18.6. The maximum Gasteiger partial charge on any atom is 0.338 e. The number of hydrogen-bond acceptors (Lipinski definition) is 28. The summed E-state index contributed by atoms with van der Waals surface area (Å²) in [6, 6.07) is 29.5. The SMILES string of the molecule is CC(=O)O[C@H]1C(=O)[C@@]2(C)C([C@H](OC(=O)c3ccccc3)[C@]3(O)C[C@H](OC(=O)[C@H](O)[C@@H](N)c4ccccc4)C(C)=C1C3(C)C)[C@]1(OC(C)=O)CO[C@@H]1C[C@@H]2O.CC(=O)O[C@H]1C(=O)[C@@]2(C)C([C@H](OC(=O)c3ccccc3)[C@]3(O)C[C@H](OC(=O)[C@H](O)[C@@H](N=[N+]=[N-])c4ccccc4)C(C)=C1C3(C)C)[C@]1(OC(C)=O)CO[C@@H]1C[C@@H]2O. The summed E-state index contributed by atoms with van der Waals surface area (Å²) < 4.78 is 59.8. The number of carbonyl (C=O) groups is 10. The van der Waals surface area contributed by atoms with Crippen molar-refractivity contribution < 1.29 is 126 Å². The molecule has 4 aromatic rings. The minimum Gasteiger partial charge on any atom is -0.456 e. The summed E-state index contributed by atoms with van der Waals surface area (Å²) >= 11 is 0. The van der Waals surface area contributed by atoms with Crippen molar-refractivity contribution in [1.29, 1.82) is 0 Å². The summed E-state index contributed by atoms with van der Waals surface area (Å²) in [7, 11) is 0. The van der Waals surface area contributed by atoms with Gasteiger partial charge in [-0.05, 0) is 90.9 Å². The molecule has 6 aliphatic carbocycles. The Labute approximate surface area is 633 Å². The van der Waals surface area contributed by atoms with E-state index in [1.54, 1.807) is 132 Å². The first-order valence-corrected chi connectivity index (χ1v) is 36.1. The van der Waals surface area contributed by atoms with Crippen LogP contribution in [-0.2, 0) is 85.7 Å². The number of aliphatic hydroxyl groups is 6. The number of rotatable bonds is 17. The van der Waals surface area contributed by atoms with Gasteiger partial charge in [0, 0.05) is 69.1 Å². The van der Waals surface area contributed by atoms with Crippen LogP contribution in [0, 0.1) is 33.5 Å². The molecule has 2 aliphatic heterocycles. The first-order chi connectivity index (χ1) is 51.6. The summed E-state index contributed by atoms with van der Waals surface area (Å²) in [6.45, 7) is 16.0. The van der Waals surface area contributed by atoms with Crippen LogP contribution < -0.4 is 5.73 Å². The van der Waals surface area contributed by atoms with Crippen LogP contribution in [0.5, 0.6) is 0 Å². The average Bonchev–Trinajstić information content (AvgIpc) is 0.673. The molecule has 8 aliphatic rings. The standard InChI is InChI=1S/C40H45N3O13.C40H47NO13/c1-20-25(54-36(50)30(47)29(42-43-41)23-13-9-7-10-14-23)18-40(51)34(55-35(49)24-15-11-8-12-16-24)32-38(6,26(46)17-27-39(32,19-52-27)56-22(3)45)33(48)31(53-21(2)44)28(20)37(40,4)5;1-20-25(52-36(48)30(45)29(41)23-13-9-7-10-14-23)18-40(49)34(53-35(47)24-15-11-8-12-16-24)32-38(6,26(44)17-27-39(32,19-50-27)54-22(3)43)33(46)31(51-21(2)42)28(20)37(40,4)5/h7-16,25-27,29-32,34,46-47,51H,17-19H2,1-6H3;7-16,25-27,29-32,34,44-45,49H,17-19,41H2,1-6H3/t2*25-,26-,27+,29-,30+,31+,32?,34-,38+,39-,40+/m00/s1. The number of azide groups is 1. The predicted octanol–water partition coefficient (Wildman–Crippen LogP) is 5.88. The van der Waals surface area contributed by atoms with Gasteiger partial charge in [-0.1, -0.05) is 130 Å². The number of nitrogens with two attached hydrogens (primary N) is 1. The van der Waals surface area contributed by atoms with E-state index in [1.807, 2.05) is 0 Å². The predicted molar refractivity (Wildman–Crippen MR) is 381 cm³/mol. The third kappa shape index (κ3) is 13.5. The Kier molecular flexibility index (Phi) is 22.4. The van der Waals surface area contributed by atoms with Crippen LogP contribution in [0.1, 0.15) is 153 Å². The van der Waals surface area contributed by atoms with Gasteiger partial charge < -0.3 is 83.7 Å². The van der Waals surface area contributed by atoms with Gasteiger partial charge in [-0.2, -0.15) is 0 Å². The van der Waals surface area contributed by atoms with Crippen LogP contribution >= 0.6 is 0 Å². The van der Waals surface area contributed by atoms with Gasteiger partial charge in [-0.25, -0.2) is 19.2 Å². The molecular formula is C80H92N4O26. The first kappa shape index (κ1) is 81.4. The van der Waals surface area contributed by atoms with Crippen LogP contribution in [-0.4, -0.2) is 199 Å². The van der Waals surface area contributed by atoms with E-state index in [9.17, 15) is 74.5 Å². The number of ketones is 2. The molecule has 2 saturated heterocycles. The lowest BCUT2D eigenvalue weighted by molar-refractivity contribution is -0.346. The first-order valence-electron chi connectivity index (χ1n) is 36.1. The van der Waals surface area contributed by atoms with Gasteiger partial charge in [0.1, 0.15) is 47.8 Å². The molecule has 22 atom stereocenters. The van der Waals surface area contributed by atoms with E-state index in [2.05, 4.69) is 10.0 Å². The number of fused-ring (bicyclic) bond motifs is 10. The lowest BCUT2D eigenvalue weighted by atomic mass is 9.44. The highest BCUT2D eigenvalue weighted by Gasteiger charge is 2.81. The third-order valence-corrected chi connectivity index (χ3v) is 24.5. The lowest BCUT2D eigenvalue weighted by Crippen LogP contribution is -2.82. The van der Waals surface area contributed by atoms with E-state index in [0.29, 0.717) is 11.1 Å². The number of carbonyl (C=O) groups excluding carboxylic acids is 10. The second-order valence-electron chi connectivity index (χ2n) is 31.2. The quantitative estimate of drug-likeness (QED) is 0.0162. The molecule has 4 aromatic carbocycles. The molecule has 0 radical (unpaired) electrons. The van der Waals surface area contributed by atoms with Crippen LogP contribution in [0.15, 0.2) is 149 Å². The van der Waals surface area contributed by atoms with Gasteiger partial charge in [0.2, 0.25) is 0 Å². The molecule has 0 amide bonds. The van der Waals surface area contributed by atoms with Crippen molar-refractivity contribution in [1.82, 2.24) is 0 Å². The van der Waals surface area contributed by atoms with Gasteiger partial charge in [0.05, 0.1) is 71.3 Å². The van der Waals surface area contributed by atoms with Crippen LogP contribution in [0.25, 0.3) is 10.4 Å². The van der Waals surface area contributed by atoms with E-state index < -0.39 is 213 Å². The van der Waals surface area contributed by atoms with Crippen LogP contribution in [0.2, 0.25) is 0 Å². The second-order valence-corrected chi connectivity index (χ2v) is 31.2. The van der Waals surface area contributed by atoms with Gasteiger partial charge in [-0.15, -0.1) is 0 Å². The van der Waals surface area contributed by atoms with Gasteiger partial charge in [-0.3, -0.25) is 28.8 Å². The van der Waals surface area contributed by atoms with Crippen molar-refractivity contribution in [2.24, 2.45) is 44.3 Å². The molecular weight excluding hydrogens is 1430 g/mol. The number of benzene rings is 4. The maximum absolute atomic E-state index is 15.3. The Morgan fingerprint density at radius 1 is 0.518 bits per heavy atom. The molecule has 4 bridgehead atoms. The maximum atomic E-state index is 15.3. The Morgan fingerprint density at radius 2 is 0.864 bits per heavy atom. The van der Waals surface area contributed by atoms with E-state index in [4.69, 9.17) is 53.1 Å². The molecule has 30 nitrogen and oxygen atoms in total. The van der Waals surface area contributed by atoms with Gasteiger partial charge in [0.25, 0.3) is 0 Å². The minimum atomic E-state index is -2.37. The van der Waals surface area contributed by atoms with E-state index in [-0.39, 0.29) is 59.5 Å². The number of esters is 8. The smallest absolute Gasteiger partial charge is 0.338 e. The summed E-state index contributed by atoms with van der Waals surface area (Å²) in [5.74, 6) is -12.3. The largest absolute Gasteiger partial charge is 0.456 e. The Morgan fingerprint density at radius 3 is 1.19 bits per heavy atom. The summed E-state index contributed by atoms with van der Waals surface area (Å²) in [4.78, 5) is 141. The monoisotopic (exact) mass is 1520 g/mol. The number of aliphatic hydroxyl groups excluding tert-OH is 4. The number of nitrogens with zero attached hydrogens (tertiary/aromatic N) is 3.